The van der Waals surface area contributed by atoms with Crippen molar-refractivity contribution in [3.63, 3.8) is 0 Å². The maximum atomic E-state index is 12.6. The normalized spacial score (nSPS) is 17.7. The highest BCUT2D eigenvalue weighted by Crippen LogP contribution is 2.30. The number of likely N-dealkylation sites (tertiary alicyclic amines) is 1. The molecule has 142 valence electrons. The predicted molar refractivity (Wildman–Crippen MR) is 94.6 cm³/mol. The third-order valence-electron chi connectivity index (χ3n) is 4.21. The summed E-state index contributed by atoms with van der Waals surface area (Å²) in [6, 6.07) is -0.255. The zero-order chi connectivity index (χ0) is 18.5. The van der Waals surface area contributed by atoms with Crippen LogP contribution in [0.1, 0.15) is 56.8 Å². The maximum Gasteiger partial charge on any atom is 0.318 e. The van der Waals surface area contributed by atoms with Gasteiger partial charge in [0.15, 0.2) is 5.82 Å². The van der Waals surface area contributed by atoms with Gasteiger partial charge in [0.1, 0.15) is 6.04 Å². The summed E-state index contributed by atoms with van der Waals surface area (Å²) >= 11 is 1.50. The van der Waals surface area contributed by atoms with Gasteiger partial charge in [-0.3, -0.25) is 0 Å². The second-order valence-electron chi connectivity index (χ2n) is 6.52. The minimum atomic E-state index is -0.153. The highest BCUT2D eigenvalue weighted by atomic mass is 32.2. The molecule has 3 heterocycles. The third-order valence-corrected chi connectivity index (χ3v) is 5.23. The lowest BCUT2D eigenvalue weighted by Gasteiger charge is -2.33. The van der Waals surface area contributed by atoms with E-state index in [9.17, 15) is 4.79 Å². The van der Waals surface area contributed by atoms with Gasteiger partial charge in [-0.25, -0.2) is 9.48 Å². The zero-order valence-electron chi connectivity index (χ0n) is 15.3. The summed E-state index contributed by atoms with van der Waals surface area (Å²) in [5.74, 6) is 2.10. The van der Waals surface area contributed by atoms with Gasteiger partial charge in [0.2, 0.25) is 11.0 Å². The Morgan fingerprint density at radius 3 is 2.96 bits per heavy atom. The van der Waals surface area contributed by atoms with E-state index in [-0.39, 0.29) is 18.0 Å². The van der Waals surface area contributed by atoms with Gasteiger partial charge in [-0.2, -0.15) is 4.98 Å². The first-order chi connectivity index (χ1) is 12.6. The van der Waals surface area contributed by atoms with Crippen LogP contribution in [-0.4, -0.2) is 60.1 Å². The molecule has 1 aliphatic rings. The average Bonchev–Trinajstić information content (AvgIpc) is 3.28. The number of amides is 2. The van der Waals surface area contributed by atoms with E-state index in [1.165, 1.54) is 11.8 Å². The van der Waals surface area contributed by atoms with Crippen molar-refractivity contribution in [3.05, 3.63) is 11.7 Å². The van der Waals surface area contributed by atoms with Crippen molar-refractivity contribution in [1.82, 2.24) is 40.6 Å². The van der Waals surface area contributed by atoms with E-state index in [0.29, 0.717) is 30.6 Å². The van der Waals surface area contributed by atoms with Crippen molar-refractivity contribution in [2.75, 3.05) is 18.8 Å². The first kappa shape index (κ1) is 18.6. The molecule has 1 atom stereocenters. The summed E-state index contributed by atoms with van der Waals surface area (Å²) in [7, 11) is 1.79. The van der Waals surface area contributed by atoms with E-state index >= 15 is 0 Å². The molecule has 2 amide bonds. The lowest BCUT2D eigenvalue weighted by Crippen LogP contribution is -2.45. The van der Waals surface area contributed by atoms with Crippen LogP contribution in [0.4, 0.5) is 4.79 Å². The second kappa shape index (κ2) is 8.47. The number of rotatable bonds is 6. The highest BCUT2D eigenvalue weighted by molar-refractivity contribution is 7.99. The Balaban J connectivity index is 1.54. The van der Waals surface area contributed by atoms with Crippen molar-refractivity contribution < 1.29 is 9.32 Å². The Hall–Kier alpha value is -2.17. The van der Waals surface area contributed by atoms with E-state index in [1.54, 1.807) is 16.6 Å². The molecule has 0 unspecified atom stereocenters. The van der Waals surface area contributed by atoms with Crippen molar-refractivity contribution in [2.45, 2.75) is 50.2 Å². The average molecular weight is 380 g/mol. The molecule has 0 aliphatic carbocycles. The minimum Gasteiger partial charge on any atom is -0.337 e. The largest absolute Gasteiger partial charge is 0.337 e. The van der Waals surface area contributed by atoms with Gasteiger partial charge in [-0.15, -0.1) is 5.10 Å². The number of carbonyl (C=O) groups is 1. The number of thioether (sulfide) groups is 1. The van der Waals surface area contributed by atoms with Gasteiger partial charge >= 0.3 is 6.03 Å². The molecule has 0 saturated carbocycles. The standard InChI is InChI=1S/C15H24N8O2S/c1-10(2)12-17-13(25-19-12)11-6-4-5-8-23(11)14(24)16-7-9-26-15-18-20-21-22(15)3/h10-11H,4-9H2,1-3H3,(H,16,24)/t11-/m1/s1. The van der Waals surface area contributed by atoms with Crippen molar-refractivity contribution in [1.29, 1.82) is 0 Å². The zero-order valence-corrected chi connectivity index (χ0v) is 16.1. The molecular formula is C15H24N8O2S. The lowest BCUT2D eigenvalue weighted by atomic mass is 10.0. The molecule has 0 bridgehead atoms. The number of aromatic nitrogens is 6. The SMILES string of the molecule is CC(C)c1noc([C@H]2CCCCN2C(=O)NCCSc2nnnn2C)n1. The number of piperidine rings is 1. The molecule has 2 aromatic heterocycles. The van der Waals surface area contributed by atoms with Gasteiger partial charge in [-0.05, 0) is 29.7 Å². The van der Waals surface area contributed by atoms with Crippen LogP contribution in [0, 0.1) is 0 Å². The van der Waals surface area contributed by atoms with E-state index in [0.717, 1.165) is 24.4 Å². The van der Waals surface area contributed by atoms with Gasteiger partial charge < -0.3 is 14.7 Å². The molecule has 0 spiro atoms. The molecule has 3 rings (SSSR count). The van der Waals surface area contributed by atoms with Gasteiger partial charge in [0.05, 0.1) is 0 Å². The Bertz CT molecular complexity index is 731. The van der Waals surface area contributed by atoms with Crippen LogP contribution in [0.5, 0.6) is 0 Å². The molecule has 2 aromatic rings. The number of nitrogens with one attached hydrogen (secondary N) is 1. The molecule has 1 saturated heterocycles. The fourth-order valence-corrected chi connectivity index (χ4v) is 3.50. The first-order valence-corrected chi connectivity index (χ1v) is 9.78. The molecule has 0 aromatic carbocycles. The fraction of sp³-hybridized carbons (Fsp3) is 0.733. The van der Waals surface area contributed by atoms with Crippen LogP contribution in [0.15, 0.2) is 9.68 Å². The Kier molecular flexibility index (Phi) is 6.07. The number of nitrogens with zero attached hydrogens (tertiary/aromatic N) is 7. The molecule has 1 fully saturated rings. The lowest BCUT2D eigenvalue weighted by molar-refractivity contribution is 0.132. The number of hydrogen-bond acceptors (Lipinski definition) is 8. The van der Waals surface area contributed by atoms with E-state index in [1.807, 2.05) is 13.8 Å². The fourth-order valence-electron chi connectivity index (χ4n) is 2.79. The third kappa shape index (κ3) is 4.32. The van der Waals surface area contributed by atoms with E-state index < -0.39 is 0 Å². The second-order valence-corrected chi connectivity index (χ2v) is 7.58. The Morgan fingerprint density at radius 2 is 2.27 bits per heavy atom. The van der Waals surface area contributed by atoms with Crippen LogP contribution in [0.25, 0.3) is 0 Å². The van der Waals surface area contributed by atoms with Crippen molar-refractivity contribution >= 4 is 17.8 Å². The van der Waals surface area contributed by atoms with Crippen LogP contribution in [-0.2, 0) is 7.05 Å². The topological polar surface area (TPSA) is 115 Å². The summed E-state index contributed by atoms with van der Waals surface area (Å²) in [6.07, 6.45) is 2.86. The minimum absolute atomic E-state index is 0.101. The quantitative estimate of drug-likeness (QED) is 0.595. The monoisotopic (exact) mass is 380 g/mol. The van der Waals surface area contributed by atoms with Crippen molar-refractivity contribution in [3.8, 4) is 0 Å². The Morgan fingerprint density at radius 1 is 1.42 bits per heavy atom. The van der Waals surface area contributed by atoms with E-state index in [4.69, 9.17) is 4.52 Å². The number of hydrogen-bond donors (Lipinski definition) is 1. The summed E-state index contributed by atoms with van der Waals surface area (Å²) < 4.78 is 7.03. The predicted octanol–water partition coefficient (Wildman–Crippen LogP) is 1.75. The van der Waals surface area contributed by atoms with Crippen LogP contribution in [0.2, 0.25) is 0 Å². The van der Waals surface area contributed by atoms with E-state index in [2.05, 4.69) is 31.0 Å². The summed E-state index contributed by atoms with van der Waals surface area (Å²) in [4.78, 5) is 18.9. The highest BCUT2D eigenvalue weighted by Gasteiger charge is 2.32. The molecule has 11 heteroatoms. The summed E-state index contributed by atoms with van der Waals surface area (Å²) in [5.41, 5.74) is 0. The molecule has 1 aliphatic heterocycles. The van der Waals surface area contributed by atoms with Crippen LogP contribution in [0.3, 0.4) is 0 Å². The van der Waals surface area contributed by atoms with Gasteiger partial charge in [0.25, 0.3) is 0 Å². The van der Waals surface area contributed by atoms with Crippen LogP contribution >= 0.6 is 11.8 Å². The molecular weight excluding hydrogens is 356 g/mol. The summed E-state index contributed by atoms with van der Waals surface area (Å²) in [5, 5.41) is 19.0. The van der Waals surface area contributed by atoms with Crippen molar-refractivity contribution in [2.24, 2.45) is 7.05 Å². The molecule has 10 nitrogen and oxygen atoms in total. The Labute approximate surface area is 156 Å². The smallest absolute Gasteiger partial charge is 0.318 e. The first-order valence-electron chi connectivity index (χ1n) is 8.79. The number of urea groups is 1. The summed E-state index contributed by atoms with van der Waals surface area (Å²) in [6.45, 7) is 5.26. The maximum absolute atomic E-state index is 12.6. The number of carbonyl (C=O) groups excluding carboxylic acids is 1. The van der Waals surface area contributed by atoms with Crippen LogP contribution < -0.4 is 5.32 Å². The van der Waals surface area contributed by atoms with Gasteiger partial charge in [0, 0.05) is 31.8 Å². The number of tetrazole rings is 1. The molecule has 26 heavy (non-hydrogen) atoms. The molecule has 1 N–H and O–H groups in total. The molecule has 0 radical (unpaired) electrons. The number of aryl methyl sites for hydroxylation is 1. The van der Waals surface area contributed by atoms with Gasteiger partial charge in [-0.1, -0.05) is 30.8 Å².